The largest absolute Gasteiger partial charge is 0.496 e. The van der Waals surface area contributed by atoms with E-state index in [0.29, 0.717) is 32.0 Å². The number of benzene rings is 1. The van der Waals surface area contributed by atoms with Crippen LogP contribution in [-0.2, 0) is 10.3 Å². The lowest BCUT2D eigenvalue weighted by molar-refractivity contribution is -0.0679. The molecule has 1 aromatic rings. The van der Waals surface area contributed by atoms with Gasteiger partial charge in [-0.1, -0.05) is 19.9 Å². The molecule has 3 heteroatoms. The van der Waals surface area contributed by atoms with Gasteiger partial charge in [0.25, 0.3) is 0 Å². The smallest absolute Gasteiger partial charge is 0.122 e. The average molecular weight is 250 g/mol. The summed E-state index contributed by atoms with van der Waals surface area (Å²) in [6.07, 6.45) is 1.33. The van der Waals surface area contributed by atoms with Crippen molar-refractivity contribution in [3.8, 4) is 5.75 Å². The van der Waals surface area contributed by atoms with Gasteiger partial charge in [0.05, 0.1) is 12.7 Å². The molecule has 0 amide bonds. The van der Waals surface area contributed by atoms with Gasteiger partial charge in [0.15, 0.2) is 0 Å². The fourth-order valence-corrected chi connectivity index (χ4v) is 2.47. The molecule has 1 fully saturated rings. The van der Waals surface area contributed by atoms with Gasteiger partial charge in [-0.25, -0.2) is 0 Å². The maximum Gasteiger partial charge on any atom is 0.122 e. The molecular formula is C15H22O3. The Morgan fingerprint density at radius 2 is 1.94 bits per heavy atom. The van der Waals surface area contributed by atoms with Crippen molar-refractivity contribution in [2.45, 2.75) is 38.2 Å². The molecule has 18 heavy (non-hydrogen) atoms. The molecule has 0 aliphatic carbocycles. The lowest BCUT2D eigenvalue weighted by Gasteiger charge is -2.33. The van der Waals surface area contributed by atoms with Gasteiger partial charge in [0.1, 0.15) is 5.75 Å². The molecule has 0 saturated carbocycles. The molecule has 0 unspecified atom stereocenters. The summed E-state index contributed by atoms with van der Waals surface area (Å²) in [6, 6.07) is 6.00. The van der Waals surface area contributed by atoms with Crippen LogP contribution in [0, 0.1) is 0 Å². The summed E-state index contributed by atoms with van der Waals surface area (Å²) in [4.78, 5) is 0. The first kappa shape index (κ1) is 13.4. The van der Waals surface area contributed by atoms with Gasteiger partial charge in [0.2, 0.25) is 0 Å². The Morgan fingerprint density at radius 1 is 1.28 bits per heavy atom. The van der Waals surface area contributed by atoms with Crippen molar-refractivity contribution < 1.29 is 14.6 Å². The van der Waals surface area contributed by atoms with Crippen LogP contribution in [0.2, 0.25) is 0 Å². The number of rotatable bonds is 3. The predicted octanol–water partition coefficient (Wildman–Crippen LogP) is 2.82. The number of aliphatic hydroxyl groups is 1. The summed E-state index contributed by atoms with van der Waals surface area (Å²) in [5.74, 6) is 1.27. The Kier molecular flexibility index (Phi) is 3.93. The molecule has 1 aliphatic rings. The fraction of sp³-hybridized carbons (Fsp3) is 0.600. The van der Waals surface area contributed by atoms with Crippen LogP contribution in [0.3, 0.4) is 0 Å². The number of hydrogen-bond acceptors (Lipinski definition) is 3. The molecule has 1 N–H and O–H groups in total. The van der Waals surface area contributed by atoms with Crippen molar-refractivity contribution >= 4 is 0 Å². The Bertz CT molecular complexity index is 406. The molecule has 100 valence electrons. The summed E-state index contributed by atoms with van der Waals surface area (Å²) in [5, 5.41) is 10.7. The van der Waals surface area contributed by atoms with E-state index >= 15 is 0 Å². The van der Waals surface area contributed by atoms with Gasteiger partial charge >= 0.3 is 0 Å². The maximum atomic E-state index is 10.7. The van der Waals surface area contributed by atoms with Crippen LogP contribution in [0.1, 0.15) is 43.7 Å². The molecule has 1 aliphatic heterocycles. The molecule has 0 aromatic heterocycles. The van der Waals surface area contributed by atoms with E-state index in [0.717, 1.165) is 16.9 Å². The molecule has 0 bridgehead atoms. The van der Waals surface area contributed by atoms with Crippen molar-refractivity contribution in [3.63, 3.8) is 0 Å². The third-order valence-corrected chi connectivity index (χ3v) is 3.71. The monoisotopic (exact) mass is 250 g/mol. The molecular weight excluding hydrogens is 228 g/mol. The molecule has 1 aromatic carbocycles. The minimum Gasteiger partial charge on any atom is -0.496 e. The van der Waals surface area contributed by atoms with Crippen molar-refractivity contribution in [2.24, 2.45) is 0 Å². The van der Waals surface area contributed by atoms with Crippen molar-refractivity contribution in [1.82, 2.24) is 0 Å². The normalized spacial score (nSPS) is 18.9. The van der Waals surface area contributed by atoms with Crippen LogP contribution in [0.15, 0.2) is 18.2 Å². The van der Waals surface area contributed by atoms with E-state index < -0.39 is 5.60 Å². The lowest BCUT2D eigenvalue weighted by Crippen LogP contribution is -2.33. The van der Waals surface area contributed by atoms with E-state index in [9.17, 15) is 5.11 Å². The van der Waals surface area contributed by atoms with Crippen LogP contribution < -0.4 is 4.74 Å². The predicted molar refractivity (Wildman–Crippen MR) is 71.0 cm³/mol. The standard InChI is InChI=1S/C15H22O3/c1-11(2)13-10-12(4-5-14(13)17-3)15(16)6-8-18-9-7-15/h4-5,10-11,16H,6-9H2,1-3H3. The van der Waals surface area contributed by atoms with Gasteiger partial charge in [-0.15, -0.1) is 0 Å². The highest BCUT2D eigenvalue weighted by molar-refractivity contribution is 5.41. The Hall–Kier alpha value is -1.06. The van der Waals surface area contributed by atoms with E-state index in [-0.39, 0.29) is 0 Å². The second-order valence-electron chi connectivity index (χ2n) is 5.26. The Morgan fingerprint density at radius 3 is 2.50 bits per heavy atom. The molecule has 0 atom stereocenters. The zero-order valence-electron chi connectivity index (χ0n) is 11.4. The molecule has 1 heterocycles. The average Bonchev–Trinajstić information content (AvgIpc) is 2.38. The minimum absolute atomic E-state index is 0.378. The topological polar surface area (TPSA) is 38.7 Å². The second kappa shape index (κ2) is 5.29. The van der Waals surface area contributed by atoms with Gasteiger partial charge in [-0.3, -0.25) is 0 Å². The first-order valence-corrected chi connectivity index (χ1v) is 6.55. The summed E-state index contributed by atoms with van der Waals surface area (Å²) >= 11 is 0. The third-order valence-electron chi connectivity index (χ3n) is 3.71. The number of ether oxygens (including phenoxy) is 2. The summed E-state index contributed by atoms with van der Waals surface area (Å²) in [6.45, 7) is 5.52. The van der Waals surface area contributed by atoms with Crippen LogP contribution in [-0.4, -0.2) is 25.4 Å². The van der Waals surface area contributed by atoms with Crippen LogP contribution in [0.4, 0.5) is 0 Å². The van der Waals surface area contributed by atoms with Crippen LogP contribution >= 0.6 is 0 Å². The highest BCUT2D eigenvalue weighted by Gasteiger charge is 2.32. The Labute approximate surface area is 109 Å². The molecule has 2 rings (SSSR count). The van der Waals surface area contributed by atoms with Gasteiger partial charge in [0, 0.05) is 26.1 Å². The van der Waals surface area contributed by atoms with Gasteiger partial charge in [-0.05, 0) is 29.2 Å². The maximum absolute atomic E-state index is 10.7. The second-order valence-corrected chi connectivity index (χ2v) is 5.26. The van der Waals surface area contributed by atoms with E-state index in [1.807, 2.05) is 12.1 Å². The summed E-state index contributed by atoms with van der Waals surface area (Å²) in [7, 11) is 1.68. The van der Waals surface area contributed by atoms with Gasteiger partial charge < -0.3 is 14.6 Å². The van der Waals surface area contributed by atoms with Crippen LogP contribution in [0.5, 0.6) is 5.75 Å². The molecule has 3 nitrogen and oxygen atoms in total. The Balaban J connectivity index is 2.36. The van der Waals surface area contributed by atoms with Crippen LogP contribution in [0.25, 0.3) is 0 Å². The molecule has 1 saturated heterocycles. The first-order valence-electron chi connectivity index (χ1n) is 6.55. The lowest BCUT2D eigenvalue weighted by atomic mass is 9.84. The number of hydrogen-bond donors (Lipinski definition) is 1. The quantitative estimate of drug-likeness (QED) is 0.896. The summed E-state index contributed by atoms with van der Waals surface area (Å²) < 4.78 is 10.7. The number of methoxy groups -OCH3 is 1. The van der Waals surface area contributed by atoms with E-state index in [1.54, 1.807) is 7.11 Å². The SMILES string of the molecule is COc1ccc(C2(O)CCOCC2)cc1C(C)C. The molecule has 0 radical (unpaired) electrons. The van der Waals surface area contributed by atoms with E-state index in [4.69, 9.17) is 9.47 Å². The third kappa shape index (κ3) is 2.52. The fourth-order valence-electron chi connectivity index (χ4n) is 2.47. The zero-order chi connectivity index (χ0) is 13.2. The van der Waals surface area contributed by atoms with Crippen molar-refractivity contribution in [1.29, 1.82) is 0 Å². The zero-order valence-corrected chi connectivity index (χ0v) is 11.4. The highest BCUT2D eigenvalue weighted by Crippen LogP contribution is 2.36. The van der Waals surface area contributed by atoms with Crippen molar-refractivity contribution in [2.75, 3.05) is 20.3 Å². The van der Waals surface area contributed by atoms with Gasteiger partial charge in [-0.2, -0.15) is 0 Å². The minimum atomic E-state index is -0.742. The molecule has 0 spiro atoms. The first-order chi connectivity index (χ1) is 8.57. The van der Waals surface area contributed by atoms with E-state index in [2.05, 4.69) is 19.9 Å². The van der Waals surface area contributed by atoms with E-state index in [1.165, 1.54) is 0 Å². The summed E-state index contributed by atoms with van der Waals surface area (Å²) in [5.41, 5.74) is 1.39. The van der Waals surface area contributed by atoms with Crippen molar-refractivity contribution in [3.05, 3.63) is 29.3 Å². The highest BCUT2D eigenvalue weighted by atomic mass is 16.5.